The van der Waals surface area contributed by atoms with Crippen LogP contribution >= 0.6 is 11.8 Å². The van der Waals surface area contributed by atoms with Crippen molar-refractivity contribution in [1.29, 1.82) is 5.41 Å². The van der Waals surface area contributed by atoms with Gasteiger partial charge in [0, 0.05) is 0 Å². The van der Waals surface area contributed by atoms with Crippen LogP contribution in [0.25, 0.3) is 16.8 Å². The Morgan fingerprint density at radius 3 is 2.66 bits per heavy atom. The molecule has 1 N–H and O–H groups in total. The fourth-order valence-electron chi connectivity index (χ4n) is 3.58. The number of hydrogen-bond donors (Lipinski definition) is 1. The largest absolute Gasteiger partial charge is 0.489 e. The lowest BCUT2D eigenvalue weighted by molar-refractivity contribution is -0.114. The molecule has 3 aromatic carbocycles. The van der Waals surface area contributed by atoms with Crippen LogP contribution in [0.1, 0.15) is 24.5 Å². The number of amides is 1. The van der Waals surface area contributed by atoms with E-state index in [1.807, 2.05) is 49.4 Å². The van der Waals surface area contributed by atoms with Gasteiger partial charge in [0.25, 0.3) is 5.91 Å². The van der Waals surface area contributed by atoms with Gasteiger partial charge in [0.2, 0.25) is 5.17 Å². The molecular formula is C25H20N4O2S. The molecule has 0 unspecified atom stereocenters. The number of nitrogens with one attached hydrogen (secondary N) is 1. The monoisotopic (exact) mass is 440 g/mol. The molecule has 0 aromatic heterocycles. The van der Waals surface area contributed by atoms with Crippen LogP contribution in [0.2, 0.25) is 0 Å². The van der Waals surface area contributed by atoms with Crippen molar-refractivity contribution >= 4 is 50.6 Å². The standard InChI is InChI=1S/C25H20N4O2S/c1-2-22-28-29-23(26)21(24(30)27-25(29)32-22)14-16-10-12-19(13-11-16)31-15-18-8-5-7-17-6-3-4-9-20(17)18/h3-14,26H,2,15H2,1H3/b21-14+,26-23?. The van der Waals surface area contributed by atoms with E-state index in [0.29, 0.717) is 11.8 Å². The molecule has 0 bridgehead atoms. The number of carbonyl (C=O) groups is 1. The van der Waals surface area contributed by atoms with E-state index in [0.717, 1.165) is 28.3 Å². The molecule has 2 heterocycles. The third-order valence-electron chi connectivity index (χ3n) is 5.26. The van der Waals surface area contributed by atoms with Crippen LogP contribution in [0.4, 0.5) is 0 Å². The first kappa shape index (κ1) is 20.2. The van der Waals surface area contributed by atoms with Gasteiger partial charge in [-0.3, -0.25) is 10.2 Å². The number of thioether (sulfide) groups is 1. The van der Waals surface area contributed by atoms with Gasteiger partial charge in [0.1, 0.15) is 17.4 Å². The zero-order chi connectivity index (χ0) is 22.1. The summed E-state index contributed by atoms with van der Waals surface area (Å²) in [5.41, 5.74) is 2.14. The molecule has 32 heavy (non-hydrogen) atoms. The Kier molecular flexibility index (Phi) is 5.33. The molecule has 0 saturated carbocycles. The summed E-state index contributed by atoms with van der Waals surface area (Å²) in [5, 5.41) is 17.9. The molecule has 158 valence electrons. The van der Waals surface area contributed by atoms with E-state index >= 15 is 0 Å². The summed E-state index contributed by atoms with van der Waals surface area (Å²) in [6.07, 6.45) is 2.41. The van der Waals surface area contributed by atoms with Crippen molar-refractivity contribution in [3.8, 4) is 5.75 Å². The molecular weight excluding hydrogens is 420 g/mol. The quantitative estimate of drug-likeness (QED) is 0.535. The lowest BCUT2D eigenvalue weighted by Gasteiger charge is -2.20. The van der Waals surface area contributed by atoms with E-state index in [-0.39, 0.29) is 11.4 Å². The molecule has 5 rings (SSSR count). The first-order valence-corrected chi connectivity index (χ1v) is 11.1. The minimum atomic E-state index is -0.419. The van der Waals surface area contributed by atoms with Crippen molar-refractivity contribution in [2.45, 2.75) is 20.0 Å². The first-order chi connectivity index (χ1) is 15.6. The van der Waals surface area contributed by atoms with Gasteiger partial charge in [0.15, 0.2) is 5.84 Å². The van der Waals surface area contributed by atoms with Gasteiger partial charge in [-0.05, 0) is 58.3 Å². The topological polar surface area (TPSA) is 78.1 Å². The third kappa shape index (κ3) is 3.83. The Balaban J connectivity index is 1.32. The summed E-state index contributed by atoms with van der Waals surface area (Å²) in [4.78, 5) is 16.6. The van der Waals surface area contributed by atoms with E-state index in [4.69, 9.17) is 10.1 Å². The molecule has 1 amide bonds. The fourth-order valence-corrected chi connectivity index (χ4v) is 4.41. The predicted octanol–water partition coefficient (Wildman–Crippen LogP) is 5.45. The Morgan fingerprint density at radius 1 is 1.06 bits per heavy atom. The molecule has 0 fully saturated rings. The van der Waals surface area contributed by atoms with Gasteiger partial charge in [-0.25, -0.2) is 0 Å². The number of amidine groups is 2. The zero-order valence-electron chi connectivity index (χ0n) is 17.4. The van der Waals surface area contributed by atoms with Crippen LogP contribution in [0.3, 0.4) is 0 Å². The smallest absolute Gasteiger partial charge is 0.283 e. The number of rotatable bonds is 5. The Morgan fingerprint density at radius 2 is 1.84 bits per heavy atom. The van der Waals surface area contributed by atoms with Crippen LogP contribution in [0, 0.1) is 5.41 Å². The van der Waals surface area contributed by atoms with Crippen LogP contribution in [-0.4, -0.2) is 27.0 Å². The van der Waals surface area contributed by atoms with Gasteiger partial charge < -0.3 is 4.74 Å². The van der Waals surface area contributed by atoms with E-state index in [1.54, 1.807) is 6.08 Å². The molecule has 2 aliphatic heterocycles. The van der Waals surface area contributed by atoms with Gasteiger partial charge in [-0.2, -0.15) is 15.1 Å². The van der Waals surface area contributed by atoms with Gasteiger partial charge >= 0.3 is 0 Å². The van der Waals surface area contributed by atoms with Crippen LogP contribution < -0.4 is 4.74 Å². The number of hydrogen-bond acceptors (Lipinski definition) is 5. The Bertz CT molecular complexity index is 1320. The second-order valence-electron chi connectivity index (χ2n) is 7.36. The van der Waals surface area contributed by atoms with E-state index in [1.165, 1.54) is 27.5 Å². The highest BCUT2D eigenvalue weighted by Gasteiger charge is 2.34. The zero-order valence-corrected chi connectivity index (χ0v) is 18.2. The molecule has 0 spiro atoms. The number of nitrogens with zero attached hydrogens (tertiary/aromatic N) is 3. The lowest BCUT2D eigenvalue weighted by atomic mass is 10.1. The van der Waals surface area contributed by atoms with Gasteiger partial charge in [-0.1, -0.05) is 61.5 Å². The molecule has 6 nitrogen and oxygen atoms in total. The normalized spacial score (nSPS) is 16.9. The lowest BCUT2D eigenvalue weighted by Crippen LogP contribution is -2.35. The van der Waals surface area contributed by atoms with E-state index in [9.17, 15) is 4.79 Å². The minimum Gasteiger partial charge on any atom is -0.489 e. The second kappa shape index (κ2) is 8.43. The Hall–Kier alpha value is -3.71. The summed E-state index contributed by atoms with van der Waals surface area (Å²) in [7, 11) is 0. The predicted molar refractivity (Wildman–Crippen MR) is 130 cm³/mol. The minimum absolute atomic E-state index is 0.0484. The van der Waals surface area contributed by atoms with Crippen molar-refractivity contribution in [2.75, 3.05) is 0 Å². The average Bonchev–Trinajstić information content (AvgIpc) is 3.24. The van der Waals surface area contributed by atoms with E-state index in [2.05, 4.69) is 34.4 Å². The number of fused-ring (bicyclic) bond motifs is 2. The summed E-state index contributed by atoms with van der Waals surface area (Å²) in [6.45, 7) is 2.45. The molecule has 0 radical (unpaired) electrons. The number of carbonyl (C=O) groups excluding carboxylic acids is 1. The third-order valence-corrected chi connectivity index (χ3v) is 6.32. The highest BCUT2D eigenvalue weighted by molar-refractivity contribution is 8.26. The Labute approximate surface area is 189 Å². The number of aliphatic imine (C=N–C) groups is 1. The summed E-state index contributed by atoms with van der Waals surface area (Å²) >= 11 is 1.34. The van der Waals surface area contributed by atoms with Crippen LogP contribution in [-0.2, 0) is 11.4 Å². The first-order valence-electron chi connectivity index (χ1n) is 10.3. The van der Waals surface area contributed by atoms with Crippen molar-refractivity contribution < 1.29 is 9.53 Å². The summed E-state index contributed by atoms with van der Waals surface area (Å²) in [6, 6.07) is 21.9. The maximum absolute atomic E-state index is 12.5. The molecule has 3 aromatic rings. The van der Waals surface area contributed by atoms with E-state index < -0.39 is 5.91 Å². The van der Waals surface area contributed by atoms with Crippen LogP contribution in [0.5, 0.6) is 5.75 Å². The van der Waals surface area contributed by atoms with Gasteiger partial charge in [0.05, 0.1) is 5.57 Å². The SMILES string of the molecule is CCC1=NN2C(=N)/C(=C\c3ccc(OCc4cccc5ccccc45)cc3)C(=O)N=C2S1. The summed E-state index contributed by atoms with van der Waals surface area (Å²) in [5.74, 6) is 0.364. The second-order valence-corrected chi connectivity index (χ2v) is 8.40. The van der Waals surface area contributed by atoms with Crippen LogP contribution in [0.15, 0.2) is 82.4 Å². The van der Waals surface area contributed by atoms with Crippen molar-refractivity contribution in [1.82, 2.24) is 5.01 Å². The molecule has 2 aliphatic rings. The van der Waals surface area contributed by atoms with Gasteiger partial charge in [-0.15, -0.1) is 0 Å². The fraction of sp³-hybridized carbons (Fsp3) is 0.120. The highest BCUT2D eigenvalue weighted by Crippen LogP contribution is 2.29. The summed E-state index contributed by atoms with van der Waals surface area (Å²) < 4.78 is 5.99. The number of hydrazone groups is 1. The average molecular weight is 441 g/mol. The number of ether oxygens (including phenoxy) is 1. The molecule has 0 atom stereocenters. The number of benzene rings is 3. The van der Waals surface area contributed by atoms with Crippen molar-refractivity contribution in [3.63, 3.8) is 0 Å². The van der Waals surface area contributed by atoms with Crippen molar-refractivity contribution in [2.24, 2.45) is 10.1 Å². The van der Waals surface area contributed by atoms with Crippen molar-refractivity contribution in [3.05, 3.63) is 83.4 Å². The highest BCUT2D eigenvalue weighted by atomic mass is 32.2. The maximum atomic E-state index is 12.5. The molecule has 0 aliphatic carbocycles. The molecule has 7 heteroatoms. The maximum Gasteiger partial charge on any atom is 0.283 e. The molecule has 0 saturated heterocycles.